The fourth-order valence-electron chi connectivity index (χ4n) is 3.62. The van der Waals surface area contributed by atoms with Crippen LogP contribution in [0.5, 0.6) is 0 Å². The number of rotatable bonds is 6. The molecule has 0 aromatic carbocycles. The Balaban J connectivity index is 1.65. The second kappa shape index (κ2) is 7.41. The predicted molar refractivity (Wildman–Crippen MR) is 105 cm³/mol. The molecule has 0 atom stereocenters. The Labute approximate surface area is 171 Å². The fourth-order valence-corrected chi connectivity index (χ4v) is 3.62. The van der Waals surface area contributed by atoms with Gasteiger partial charge >= 0.3 is 6.18 Å². The molecule has 3 aromatic rings. The summed E-state index contributed by atoms with van der Waals surface area (Å²) in [6.45, 7) is 5.91. The smallest absolute Gasteiger partial charge is 0.308 e. The van der Waals surface area contributed by atoms with Gasteiger partial charge in [0.1, 0.15) is 6.54 Å². The number of hydrogen-bond donors (Lipinski definition) is 1. The van der Waals surface area contributed by atoms with Gasteiger partial charge in [-0.3, -0.25) is 9.48 Å². The lowest BCUT2D eigenvalue weighted by Crippen LogP contribution is -2.20. The van der Waals surface area contributed by atoms with Crippen molar-refractivity contribution in [3.8, 4) is 0 Å². The van der Waals surface area contributed by atoms with Crippen LogP contribution in [0.15, 0.2) is 12.1 Å². The second-order valence-electron chi connectivity index (χ2n) is 7.75. The van der Waals surface area contributed by atoms with E-state index in [1.54, 1.807) is 10.7 Å². The number of amides is 1. The molecule has 160 valence electrons. The summed E-state index contributed by atoms with van der Waals surface area (Å²) in [6, 6.07) is 2.88. The van der Waals surface area contributed by atoms with Crippen molar-refractivity contribution in [3.63, 3.8) is 0 Å². The molecule has 1 saturated carbocycles. The number of alkyl halides is 3. The van der Waals surface area contributed by atoms with E-state index in [1.165, 1.54) is 11.6 Å². The van der Waals surface area contributed by atoms with Gasteiger partial charge in [-0.05, 0) is 39.2 Å². The van der Waals surface area contributed by atoms with Crippen LogP contribution < -0.4 is 5.32 Å². The highest BCUT2D eigenvalue weighted by molar-refractivity contribution is 5.91. The molecule has 1 N–H and O–H groups in total. The van der Waals surface area contributed by atoms with E-state index in [2.05, 4.69) is 20.5 Å². The van der Waals surface area contributed by atoms with E-state index in [-0.39, 0.29) is 29.2 Å². The normalized spacial score (nSPS) is 14.5. The van der Waals surface area contributed by atoms with E-state index in [1.807, 2.05) is 13.8 Å². The van der Waals surface area contributed by atoms with Gasteiger partial charge in [0.15, 0.2) is 11.5 Å². The Morgan fingerprint density at radius 3 is 2.57 bits per heavy atom. The maximum Gasteiger partial charge on any atom is 0.417 e. The van der Waals surface area contributed by atoms with Crippen molar-refractivity contribution >= 4 is 22.8 Å². The molecule has 0 aliphatic heterocycles. The van der Waals surface area contributed by atoms with Crippen LogP contribution in [0.2, 0.25) is 0 Å². The molecule has 30 heavy (non-hydrogen) atoms. The molecular formula is C20H23F3N6O. The average molecular weight is 420 g/mol. The van der Waals surface area contributed by atoms with E-state index in [0.29, 0.717) is 11.5 Å². The van der Waals surface area contributed by atoms with Crippen molar-refractivity contribution in [3.05, 3.63) is 34.8 Å². The number of carbonyl (C=O) groups is 1. The van der Waals surface area contributed by atoms with Crippen LogP contribution in [-0.2, 0) is 24.1 Å². The van der Waals surface area contributed by atoms with Gasteiger partial charge < -0.3 is 5.32 Å². The van der Waals surface area contributed by atoms with Crippen LogP contribution in [0.1, 0.15) is 54.7 Å². The molecule has 0 unspecified atom stereocenters. The molecule has 1 aliphatic carbocycles. The van der Waals surface area contributed by atoms with Crippen molar-refractivity contribution < 1.29 is 18.0 Å². The van der Waals surface area contributed by atoms with Crippen LogP contribution in [0.25, 0.3) is 11.0 Å². The Bertz CT molecular complexity index is 1110. The number of carbonyl (C=O) groups excluding carboxylic acids is 1. The van der Waals surface area contributed by atoms with Crippen LogP contribution in [0.4, 0.5) is 19.0 Å². The summed E-state index contributed by atoms with van der Waals surface area (Å²) in [5, 5.41) is 11.2. The highest BCUT2D eigenvalue weighted by Crippen LogP contribution is 2.43. The molecule has 1 amide bonds. The van der Waals surface area contributed by atoms with Gasteiger partial charge in [0.2, 0.25) is 5.91 Å². The van der Waals surface area contributed by atoms with Crippen LogP contribution in [-0.4, -0.2) is 30.5 Å². The molecule has 1 aliphatic rings. The average Bonchev–Trinajstić information content (AvgIpc) is 3.39. The second-order valence-corrected chi connectivity index (χ2v) is 7.75. The fraction of sp³-hybridized carbons (Fsp3) is 0.500. The number of nitrogens with one attached hydrogen (secondary N) is 1. The van der Waals surface area contributed by atoms with Gasteiger partial charge in [-0.25, -0.2) is 9.67 Å². The third kappa shape index (κ3) is 3.90. The van der Waals surface area contributed by atoms with Gasteiger partial charge in [0, 0.05) is 29.9 Å². The van der Waals surface area contributed by atoms with E-state index >= 15 is 0 Å². The molecule has 10 heteroatoms. The number of pyridine rings is 1. The van der Waals surface area contributed by atoms with Gasteiger partial charge in [-0.1, -0.05) is 6.92 Å². The zero-order valence-corrected chi connectivity index (χ0v) is 17.0. The van der Waals surface area contributed by atoms with E-state index in [9.17, 15) is 18.0 Å². The minimum atomic E-state index is -4.52. The minimum Gasteiger partial charge on any atom is -0.308 e. The molecule has 0 radical (unpaired) electrons. The van der Waals surface area contributed by atoms with Crippen molar-refractivity contribution in [1.29, 1.82) is 0 Å². The highest BCUT2D eigenvalue weighted by atomic mass is 19.4. The molecule has 0 spiro atoms. The lowest BCUT2D eigenvalue weighted by molar-refractivity contribution is -0.136. The number of aromatic nitrogens is 5. The lowest BCUT2D eigenvalue weighted by Gasteiger charge is -2.11. The summed E-state index contributed by atoms with van der Waals surface area (Å²) in [5.74, 6) is 0.0213. The van der Waals surface area contributed by atoms with Crippen LogP contribution >= 0.6 is 0 Å². The largest absolute Gasteiger partial charge is 0.417 e. The monoisotopic (exact) mass is 420 g/mol. The number of nitrogens with zero attached hydrogens (tertiary/aromatic N) is 5. The third-order valence-corrected chi connectivity index (χ3v) is 5.18. The first-order chi connectivity index (χ1) is 14.2. The summed E-state index contributed by atoms with van der Waals surface area (Å²) in [7, 11) is 0. The van der Waals surface area contributed by atoms with Gasteiger partial charge in [0.05, 0.1) is 16.6 Å². The van der Waals surface area contributed by atoms with E-state index in [4.69, 9.17) is 0 Å². The summed E-state index contributed by atoms with van der Waals surface area (Å²) >= 11 is 0. The molecule has 3 heterocycles. The molecule has 3 aromatic heterocycles. The van der Waals surface area contributed by atoms with Crippen molar-refractivity contribution in [1.82, 2.24) is 24.5 Å². The van der Waals surface area contributed by atoms with Gasteiger partial charge in [0.25, 0.3) is 0 Å². The molecular weight excluding hydrogens is 397 g/mol. The molecule has 4 rings (SSSR count). The number of halogens is 3. The number of fused-ring (bicyclic) bond motifs is 1. The third-order valence-electron chi connectivity index (χ3n) is 5.18. The summed E-state index contributed by atoms with van der Waals surface area (Å²) in [4.78, 5) is 17.0. The molecule has 0 saturated heterocycles. The number of hydrogen-bond acceptors (Lipinski definition) is 4. The summed E-state index contributed by atoms with van der Waals surface area (Å²) < 4.78 is 44.0. The topological polar surface area (TPSA) is 77.6 Å². The van der Waals surface area contributed by atoms with Crippen LogP contribution in [0, 0.1) is 13.8 Å². The zero-order valence-electron chi connectivity index (χ0n) is 17.0. The van der Waals surface area contributed by atoms with Crippen LogP contribution in [0.3, 0.4) is 0 Å². The molecule has 1 fully saturated rings. The van der Waals surface area contributed by atoms with Gasteiger partial charge in [-0.2, -0.15) is 23.4 Å². The first kappa shape index (κ1) is 20.4. The maximum absolute atomic E-state index is 13.7. The molecule has 0 bridgehead atoms. The quantitative estimate of drug-likeness (QED) is 0.649. The Hall–Kier alpha value is -2.91. The van der Waals surface area contributed by atoms with Crippen molar-refractivity contribution in [2.24, 2.45) is 0 Å². The van der Waals surface area contributed by atoms with Crippen molar-refractivity contribution in [2.45, 2.75) is 65.2 Å². The standard InChI is InChI=1S/C20H23F3N6O/c1-4-7-28-11(2)8-16(27-28)25-17(30)10-29-19-18(12(3)26-29)14(20(21,22)23)9-15(24-19)13-5-6-13/h8-9,13H,4-7,10H2,1-3H3,(H,25,27,30). The maximum atomic E-state index is 13.7. The van der Waals surface area contributed by atoms with E-state index in [0.717, 1.165) is 37.6 Å². The lowest BCUT2D eigenvalue weighted by atomic mass is 10.1. The minimum absolute atomic E-state index is 0.0403. The number of aryl methyl sites for hydroxylation is 3. The first-order valence-corrected chi connectivity index (χ1v) is 9.97. The number of anilines is 1. The van der Waals surface area contributed by atoms with Crippen molar-refractivity contribution in [2.75, 3.05) is 5.32 Å². The van der Waals surface area contributed by atoms with E-state index < -0.39 is 17.6 Å². The SMILES string of the molecule is CCCn1nc(NC(=O)Cn2nc(C)c3c(C(F)(F)F)cc(C4CC4)nc32)cc1C. The summed E-state index contributed by atoms with van der Waals surface area (Å²) in [5.41, 5.74) is 0.867. The zero-order chi connectivity index (χ0) is 21.6. The highest BCUT2D eigenvalue weighted by Gasteiger charge is 2.37. The Morgan fingerprint density at radius 1 is 1.20 bits per heavy atom. The predicted octanol–water partition coefficient (Wildman–Crippen LogP) is 4.19. The van der Waals surface area contributed by atoms with Gasteiger partial charge in [-0.15, -0.1) is 0 Å². The Morgan fingerprint density at radius 2 is 1.93 bits per heavy atom. The Kier molecular flexibility index (Phi) is 5.03. The molecule has 7 nitrogen and oxygen atoms in total. The summed E-state index contributed by atoms with van der Waals surface area (Å²) in [6.07, 6.45) is -1.97. The first-order valence-electron chi connectivity index (χ1n) is 9.97.